The van der Waals surface area contributed by atoms with Crippen molar-refractivity contribution in [3.63, 3.8) is 0 Å². The Kier molecular flexibility index (Phi) is 3.96. The van der Waals surface area contributed by atoms with Crippen molar-refractivity contribution in [3.8, 4) is 0 Å². The van der Waals surface area contributed by atoms with Gasteiger partial charge in [0, 0.05) is 18.5 Å². The molecule has 0 aromatic carbocycles. The number of hydrazine groups is 1. The van der Waals surface area contributed by atoms with Crippen LogP contribution in [0.25, 0.3) is 10.2 Å². The summed E-state index contributed by atoms with van der Waals surface area (Å²) >= 11 is 1.60. The van der Waals surface area contributed by atoms with Crippen LogP contribution in [0.5, 0.6) is 0 Å². The molecule has 0 aliphatic carbocycles. The maximum Gasteiger partial charge on any atom is 0.147 e. The average Bonchev–Trinajstić information content (AvgIpc) is 2.75. The number of hydrogen-bond acceptors (Lipinski definition) is 6. The Morgan fingerprint density at radius 2 is 2.33 bits per heavy atom. The number of nitrogens with two attached hydrogens (primary N) is 1. The second kappa shape index (κ2) is 5.31. The number of thiophene rings is 1. The molecule has 0 spiro atoms. The molecule has 2 rings (SSSR count). The van der Waals surface area contributed by atoms with Gasteiger partial charge in [0.1, 0.15) is 9.84 Å². The van der Waals surface area contributed by atoms with Crippen molar-refractivity contribution in [1.29, 1.82) is 0 Å². The van der Waals surface area contributed by atoms with Gasteiger partial charge in [0.05, 0.1) is 16.0 Å². The molecule has 5 nitrogen and oxygen atoms in total. The van der Waals surface area contributed by atoms with Crippen LogP contribution >= 0.6 is 11.3 Å². The largest absolute Gasteiger partial charge is 0.271 e. The van der Waals surface area contributed by atoms with Crippen molar-refractivity contribution in [1.82, 2.24) is 10.4 Å². The molecular weight excluding hydrogens is 270 g/mol. The van der Waals surface area contributed by atoms with Gasteiger partial charge in [-0.2, -0.15) is 0 Å². The summed E-state index contributed by atoms with van der Waals surface area (Å²) in [6, 6.07) is 3.75. The van der Waals surface area contributed by atoms with E-state index in [4.69, 9.17) is 5.84 Å². The van der Waals surface area contributed by atoms with Crippen LogP contribution in [-0.2, 0) is 9.84 Å². The highest BCUT2D eigenvalue weighted by Gasteiger charge is 2.14. The molecule has 3 N–H and O–H groups in total. The molecule has 0 saturated heterocycles. The van der Waals surface area contributed by atoms with Crippen molar-refractivity contribution in [2.45, 2.75) is 12.5 Å². The standard InChI is InChI=1S/C11H15N3O2S2/c1-18(15,16)5-3-9(14-12)8-6-11-10(13-7-8)2-4-17-11/h2,4,6-7,9,14H,3,5,12H2,1H3. The lowest BCUT2D eigenvalue weighted by molar-refractivity contribution is 0.530. The third-order valence-corrected chi connectivity index (χ3v) is 4.54. The molecule has 0 aliphatic rings. The van der Waals surface area contributed by atoms with E-state index < -0.39 is 9.84 Å². The van der Waals surface area contributed by atoms with Crippen molar-refractivity contribution < 1.29 is 8.42 Å². The van der Waals surface area contributed by atoms with E-state index in [9.17, 15) is 8.42 Å². The summed E-state index contributed by atoms with van der Waals surface area (Å²) in [5.74, 6) is 5.59. The lowest BCUT2D eigenvalue weighted by atomic mass is 10.1. The molecule has 1 atom stereocenters. The Bertz CT molecular complexity index is 637. The molecule has 2 heterocycles. The molecule has 0 radical (unpaired) electrons. The third-order valence-electron chi connectivity index (χ3n) is 2.70. The summed E-state index contributed by atoms with van der Waals surface area (Å²) < 4.78 is 23.4. The van der Waals surface area contributed by atoms with Crippen LogP contribution in [0.3, 0.4) is 0 Å². The van der Waals surface area contributed by atoms with Crippen molar-refractivity contribution in [2.75, 3.05) is 12.0 Å². The number of nitrogens with one attached hydrogen (secondary N) is 1. The molecule has 2 aromatic heterocycles. The molecule has 0 amide bonds. The molecule has 0 saturated carbocycles. The van der Waals surface area contributed by atoms with Gasteiger partial charge >= 0.3 is 0 Å². The van der Waals surface area contributed by atoms with E-state index in [1.54, 1.807) is 17.5 Å². The zero-order valence-corrected chi connectivity index (χ0v) is 11.6. The maximum absolute atomic E-state index is 11.2. The summed E-state index contributed by atoms with van der Waals surface area (Å²) in [5, 5.41) is 1.98. The second-order valence-corrected chi connectivity index (χ2v) is 7.42. The van der Waals surface area contributed by atoms with E-state index in [2.05, 4.69) is 10.4 Å². The average molecular weight is 285 g/mol. The molecule has 0 fully saturated rings. The Hall–Kier alpha value is -1.02. The van der Waals surface area contributed by atoms with E-state index in [-0.39, 0.29) is 11.8 Å². The zero-order chi connectivity index (χ0) is 13.2. The summed E-state index contributed by atoms with van der Waals surface area (Å²) in [7, 11) is -2.98. The van der Waals surface area contributed by atoms with Gasteiger partial charge in [-0.1, -0.05) is 0 Å². The number of pyridine rings is 1. The predicted molar refractivity (Wildman–Crippen MR) is 74.0 cm³/mol. The highest BCUT2D eigenvalue weighted by Crippen LogP contribution is 2.24. The minimum absolute atomic E-state index is 0.102. The van der Waals surface area contributed by atoms with E-state index >= 15 is 0 Å². The van der Waals surface area contributed by atoms with Crippen LogP contribution in [-0.4, -0.2) is 25.4 Å². The van der Waals surface area contributed by atoms with Gasteiger partial charge < -0.3 is 0 Å². The Morgan fingerprint density at radius 3 is 3.00 bits per heavy atom. The van der Waals surface area contributed by atoms with E-state index in [0.717, 1.165) is 15.8 Å². The number of nitrogens with zero attached hydrogens (tertiary/aromatic N) is 1. The fraction of sp³-hybridized carbons (Fsp3) is 0.364. The lowest BCUT2D eigenvalue weighted by Crippen LogP contribution is -2.29. The van der Waals surface area contributed by atoms with E-state index in [1.165, 1.54) is 6.26 Å². The van der Waals surface area contributed by atoms with Crippen LogP contribution < -0.4 is 11.3 Å². The first-order valence-corrected chi connectivity index (χ1v) is 8.40. The molecular formula is C11H15N3O2S2. The van der Waals surface area contributed by atoms with E-state index in [0.29, 0.717) is 6.42 Å². The molecule has 98 valence electrons. The first-order valence-electron chi connectivity index (χ1n) is 5.46. The van der Waals surface area contributed by atoms with Crippen molar-refractivity contribution in [3.05, 3.63) is 29.3 Å². The molecule has 0 aliphatic heterocycles. The topological polar surface area (TPSA) is 85.1 Å². The highest BCUT2D eigenvalue weighted by molar-refractivity contribution is 7.90. The summed E-state index contributed by atoms with van der Waals surface area (Å²) in [6.45, 7) is 0. The molecule has 2 aromatic rings. The van der Waals surface area contributed by atoms with Crippen LogP contribution in [0.15, 0.2) is 23.7 Å². The minimum Gasteiger partial charge on any atom is -0.271 e. The summed E-state index contributed by atoms with van der Waals surface area (Å²) in [5.41, 5.74) is 4.51. The van der Waals surface area contributed by atoms with Crippen molar-refractivity contribution in [2.24, 2.45) is 5.84 Å². The number of sulfone groups is 1. The van der Waals surface area contributed by atoms with Crippen LogP contribution in [0.4, 0.5) is 0 Å². The molecule has 1 unspecified atom stereocenters. The first kappa shape index (κ1) is 13.4. The number of fused-ring (bicyclic) bond motifs is 1. The molecule has 7 heteroatoms. The Labute approximate surface area is 110 Å². The number of hydrogen-bond donors (Lipinski definition) is 2. The van der Waals surface area contributed by atoms with Crippen LogP contribution in [0, 0.1) is 0 Å². The van der Waals surface area contributed by atoms with E-state index in [1.807, 2.05) is 17.5 Å². The number of rotatable bonds is 5. The number of aromatic nitrogens is 1. The van der Waals surface area contributed by atoms with Crippen LogP contribution in [0.1, 0.15) is 18.0 Å². The smallest absolute Gasteiger partial charge is 0.147 e. The molecule has 18 heavy (non-hydrogen) atoms. The predicted octanol–water partition coefficient (Wildman–Crippen LogP) is 1.24. The second-order valence-electron chi connectivity index (χ2n) is 4.21. The van der Waals surface area contributed by atoms with Gasteiger partial charge in [-0.05, 0) is 29.5 Å². The Morgan fingerprint density at radius 1 is 1.56 bits per heavy atom. The monoisotopic (exact) mass is 285 g/mol. The summed E-state index contributed by atoms with van der Waals surface area (Å²) in [4.78, 5) is 4.32. The van der Waals surface area contributed by atoms with Gasteiger partial charge in [0.25, 0.3) is 0 Å². The maximum atomic E-state index is 11.2. The fourth-order valence-corrected chi connectivity index (χ4v) is 3.18. The SMILES string of the molecule is CS(=O)(=O)CCC(NN)c1cnc2ccsc2c1. The van der Waals surface area contributed by atoms with Gasteiger partial charge in [0.15, 0.2) is 0 Å². The summed E-state index contributed by atoms with van der Waals surface area (Å²) in [6.07, 6.45) is 3.40. The normalized spacial score (nSPS) is 13.9. The molecule has 0 bridgehead atoms. The first-order chi connectivity index (χ1) is 8.49. The van der Waals surface area contributed by atoms with Crippen molar-refractivity contribution >= 4 is 31.4 Å². The third kappa shape index (κ3) is 3.26. The van der Waals surface area contributed by atoms with Gasteiger partial charge in [-0.25, -0.2) is 8.42 Å². The van der Waals surface area contributed by atoms with Gasteiger partial charge in [-0.15, -0.1) is 11.3 Å². The minimum atomic E-state index is -2.98. The van der Waals surface area contributed by atoms with Gasteiger partial charge in [-0.3, -0.25) is 16.3 Å². The zero-order valence-electron chi connectivity index (χ0n) is 9.96. The lowest BCUT2D eigenvalue weighted by Gasteiger charge is -2.15. The fourth-order valence-electron chi connectivity index (χ4n) is 1.73. The highest BCUT2D eigenvalue weighted by atomic mass is 32.2. The quantitative estimate of drug-likeness (QED) is 0.637. The Balaban J connectivity index is 2.20. The van der Waals surface area contributed by atoms with Crippen LogP contribution in [0.2, 0.25) is 0 Å². The van der Waals surface area contributed by atoms with Gasteiger partial charge in [0.2, 0.25) is 0 Å².